The van der Waals surface area contributed by atoms with E-state index >= 15 is 0 Å². The van der Waals surface area contributed by atoms with E-state index in [9.17, 15) is 9.59 Å². The average Bonchev–Trinajstić information content (AvgIpc) is 2.71. The Bertz CT molecular complexity index is 421. The van der Waals surface area contributed by atoms with Crippen molar-refractivity contribution < 1.29 is 19.8 Å². The first-order valence-electron chi connectivity index (χ1n) is 5.32. The van der Waals surface area contributed by atoms with Crippen LogP contribution in [-0.4, -0.2) is 46.4 Å². The number of hydrogen-bond donors (Lipinski definition) is 4. The van der Waals surface area contributed by atoms with Crippen molar-refractivity contribution in [3.8, 4) is 0 Å². The van der Waals surface area contributed by atoms with E-state index in [4.69, 9.17) is 10.2 Å². The van der Waals surface area contributed by atoms with Crippen LogP contribution in [0.4, 0.5) is 4.79 Å². The molecule has 0 fully saturated rings. The zero-order valence-electron chi connectivity index (χ0n) is 9.84. The summed E-state index contributed by atoms with van der Waals surface area (Å²) in [5, 5.41) is 24.8. The summed E-state index contributed by atoms with van der Waals surface area (Å²) in [6, 6.07) is -1.91. The van der Waals surface area contributed by atoms with Crippen LogP contribution in [0.25, 0.3) is 0 Å². The number of aryl methyl sites for hydroxylation is 1. The lowest BCUT2D eigenvalue weighted by atomic mass is 10.3. The normalized spacial score (nSPS) is 11.9. The molecule has 1 aromatic rings. The van der Waals surface area contributed by atoms with Crippen molar-refractivity contribution in [2.45, 2.75) is 19.4 Å². The van der Waals surface area contributed by atoms with Crippen LogP contribution in [0, 0.1) is 6.92 Å². The van der Waals surface area contributed by atoms with E-state index in [2.05, 4.69) is 15.6 Å². The summed E-state index contributed by atoms with van der Waals surface area (Å²) < 4.78 is 0. The van der Waals surface area contributed by atoms with Gasteiger partial charge in [0.05, 0.1) is 11.6 Å². The Morgan fingerprint density at radius 2 is 2.28 bits per heavy atom. The third kappa shape index (κ3) is 4.68. The molecule has 18 heavy (non-hydrogen) atoms. The summed E-state index contributed by atoms with van der Waals surface area (Å²) in [5.41, 5.74) is 0.936. The third-order valence-electron chi connectivity index (χ3n) is 2.08. The predicted molar refractivity (Wildman–Crippen MR) is 65.6 cm³/mol. The molecule has 0 bridgehead atoms. The Labute approximate surface area is 108 Å². The maximum absolute atomic E-state index is 11.3. The number of hydrogen-bond acceptors (Lipinski definition) is 5. The van der Waals surface area contributed by atoms with Gasteiger partial charge in [0.2, 0.25) is 0 Å². The number of carboxylic acid groups (broad SMARTS) is 1. The number of nitrogens with zero attached hydrogens (tertiary/aromatic N) is 1. The highest BCUT2D eigenvalue weighted by Crippen LogP contribution is 2.08. The zero-order chi connectivity index (χ0) is 13.5. The maximum Gasteiger partial charge on any atom is 0.328 e. The topological polar surface area (TPSA) is 112 Å². The molecule has 0 spiro atoms. The van der Waals surface area contributed by atoms with Gasteiger partial charge in [0, 0.05) is 24.0 Å². The molecule has 1 unspecified atom stereocenters. The monoisotopic (exact) mass is 273 g/mol. The minimum atomic E-state index is -1.29. The lowest BCUT2D eigenvalue weighted by Gasteiger charge is -2.12. The van der Waals surface area contributed by atoms with Crippen LogP contribution in [-0.2, 0) is 11.2 Å². The molecule has 100 valence electrons. The van der Waals surface area contributed by atoms with Gasteiger partial charge in [0.25, 0.3) is 0 Å². The lowest BCUT2D eigenvalue weighted by Crippen LogP contribution is -2.48. The van der Waals surface area contributed by atoms with Gasteiger partial charge in [-0.15, -0.1) is 11.3 Å². The zero-order valence-corrected chi connectivity index (χ0v) is 10.7. The van der Waals surface area contributed by atoms with Gasteiger partial charge in [0.1, 0.15) is 0 Å². The van der Waals surface area contributed by atoms with Crippen molar-refractivity contribution in [1.82, 2.24) is 15.6 Å². The van der Waals surface area contributed by atoms with E-state index in [1.165, 1.54) is 11.3 Å². The van der Waals surface area contributed by atoms with Crippen molar-refractivity contribution in [2.24, 2.45) is 0 Å². The molecule has 0 aliphatic heterocycles. The van der Waals surface area contributed by atoms with E-state index in [0.29, 0.717) is 13.0 Å². The number of carbonyl (C=O) groups is 2. The number of rotatable bonds is 6. The predicted octanol–water partition coefficient (Wildman–Crippen LogP) is -0.261. The number of carboxylic acids is 1. The van der Waals surface area contributed by atoms with E-state index in [0.717, 1.165) is 10.7 Å². The van der Waals surface area contributed by atoms with Crippen LogP contribution >= 0.6 is 11.3 Å². The van der Waals surface area contributed by atoms with Crippen LogP contribution in [0.2, 0.25) is 0 Å². The summed E-state index contributed by atoms with van der Waals surface area (Å²) in [5.74, 6) is -1.27. The second-order valence-electron chi connectivity index (χ2n) is 3.61. The fourth-order valence-electron chi connectivity index (χ4n) is 1.20. The molecule has 0 aliphatic carbocycles. The Hall–Kier alpha value is -1.67. The number of aliphatic carboxylic acids is 1. The molecule has 1 rings (SSSR count). The quantitative estimate of drug-likeness (QED) is 0.570. The molecule has 2 amide bonds. The summed E-state index contributed by atoms with van der Waals surface area (Å²) >= 11 is 1.51. The smallest absolute Gasteiger partial charge is 0.328 e. The first kappa shape index (κ1) is 14.4. The van der Waals surface area contributed by atoms with Crippen molar-refractivity contribution in [1.29, 1.82) is 0 Å². The molecule has 0 saturated carbocycles. The van der Waals surface area contributed by atoms with Crippen LogP contribution in [0.3, 0.4) is 0 Å². The van der Waals surface area contributed by atoms with Gasteiger partial charge in [-0.2, -0.15) is 0 Å². The van der Waals surface area contributed by atoms with Gasteiger partial charge < -0.3 is 20.8 Å². The van der Waals surface area contributed by atoms with Gasteiger partial charge >= 0.3 is 12.0 Å². The Kier molecular flexibility index (Phi) is 5.53. The van der Waals surface area contributed by atoms with E-state index in [1.807, 2.05) is 12.3 Å². The molecule has 8 heteroatoms. The van der Waals surface area contributed by atoms with Crippen molar-refractivity contribution >= 4 is 23.3 Å². The fraction of sp³-hybridized carbons (Fsp3) is 0.500. The van der Waals surface area contributed by atoms with Crippen LogP contribution in [0.1, 0.15) is 10.7 Å². The lowest BCUT2D eigenvalue weighted by molar-refractivity contribution is -0.140. The summed E-state index contributed by atoms with van der Waals surface area (Å²) in [7, 11) is 0. The summed E-state index contributed by atoms with van der Waals surface area (Å²) in [6.45, 7) is 1.60. The molecule has 0 aromatic carbocycles. The molecule has 7 nitrogen and oxygen atoms in total. The van der Waals surface area contributed by atoms with Crippen LogP contribution in [0.15, 0.2) is 5.38 Å². The van der Waals surface area contributed by atoms with Crippen molar-refractivity contribution in [3.05, 3.63) is 16.1 Å². The molecule has 0 aliphatic rings. The Balaban J connectivity index is 2.26. The minimum absolute atomic E-state index is 0.358. The van der Waals surface area contributed by atoms with Crippen molar-refractivity contribution in [3.63, 3.8) is 0 Å². The van der Waals surface area contributed by atoms with Gasteiger partial charge in [-0.25, -0.2) is 14.6 Å². The number of aliphatic hydroxyl groups excluding tert-OH is 1. The molecule has 4 N–H and O–H groups in total. The number of nitrogens with one attached hydrogen (secondary N) is 2. The largest absolute Gasteiger partial charge is 0.480 e. The molecular weight excluding hydrogens is 258 g/mol. The number of amides is 2. The van der Waals surface area contributed by atoms with Crippen LogP contribution < -0.4 is 10.6 Å². The van der Waals surface area contributed by atoms with Crippen molar-refractivity contribution in [2.75, 3.05) is 13.2 Å². The molecule has 0 radical (unpaired) electrons. The van der Waals surface area contributed by atoms with Gasteiger partial charge in [-0.3, -0.25) is 0 Å². The second-order valence-corrected chi connectivity index (χ2v) is 4.55. The number of thiazole rings is 1. The Morgan fingerprint density at radius 1 is 1.56 bits per heavy atom. The number of urea groups is 1. The number of aliphatic hydroxyl groups is 1. The van der Waals surface area contributed by atoms with E-state index in [1.54, 1.807) is 0 Å². The highest BCUT2D eigenvalue weighted by molar-refractivity contribution is 7.09. The third-order valence-corrected chi connectivity index (χ3v) is 3.10. The molecule has 1 aromatic heterocycles. The highest BCUT2D eigenvalue weighted by Gasteiger charge is 2.18. The molecular formula is C10H15N3O4S. The summed E-state index contributed by atoms with van der Waals surface area (Å²) in [6.07, 6.45) is 0.586. The van der Waals surface area contributed by atoms with Gasteiger partial charge in [-0.1, -0.05) is 0 Å². The molecule has 1 heterocycles. The van der Waals surface area contributed by atoms with Gasteiger partial charge in [-0.05, 0) is 6.92 Å². The molecule has 0 saturated heterocycles. The van der Waals surface area contributed by atoms with E-state index < -0.39 is 24.6 Å². The summed E-state index contributed by atoms with van der Waals surface area (Å²) in [4.78, 5) is 26.1. The standard InChI is InChI=1S/C10H15N3O4S/c1-6-5-18-8(12-6)2-3-11-10(17)13-7(4-14)9(15)16/h5,7,14H,2-4H2,1H3,(H,15,16)(H2,11,13,17). The van der Waals surface area contributed by atoms with E-state index in [-0.39, 0.29) is 0 Å². The second kappa shape index (κ2) is 6.92. The maximum atomic E-state index is 11.3. The van der Waals surface area contributed by atoms with Crippen LogP contribution in [0.5, 0.6) is 0 Å². The highest BCUT2D eigenvalue weighted by atomic mass is 32.1. The molecule has 1 atom stereocenters. The Morgan fingerprint density at radius 3 is 2.78 bits per heavy atom. The minimum Gasteiger partial charge on any atom is -0.480 e. The average molecular weight is 273 g/mol. The first-order valence-corrected chi connectivity index (χ1v) is 6.20. The number of carbonyl (C=O) groups excluding carboxylic acids is 1. The first-order chi connectivity index (χ1) is 8.52. The number of aromatic nitrogens is 1. The fourth-order valence-corrected chi connectivity index (χ4v) is 1.97. The van der Waals surface area contributed by atoms with Gasteiger partial charge in [0.15, 0.2) is 6.04 Å². The SMILES string of the molecule is Cc1csc(CCNC(=O)NC(CO)C(=O)O)n1.